The Morgan fingerprint density at radius 1 is 0.500 bits per heavy atom. The predicted octanol–water partition coefficient (Wildman–Crippen LogP) is 9.80. The second-order valence-electron chi connectivity index (χ2n) is 13.8. The maximum atomic E-state index is 4.96. The van der Waals surface area contributed by atoms with Gasteiger partial charge >= 0.3 is 0 Å². The summed E-state index contributed by atoms with van der Waals surface area (Å²) in [5, 5.41) is 0. The highest BCUT2D eigenvalue weighted by Gasteiger charge is 2.80. The van der Waals surface area contributed by atoms with Crippen LogP contribution >= 0.6 is 0 Å². The van der Waals surface area contributed by atoms with Crippen molar-refractivity contribution in [2.24, 2.45) is 5.41 Å². The standard InChI is InChI=1S/C42H36N6/c1-28-45(29-16-6-4-7-17-29)38-39(44-27-26-43-38)46(28)33-22-12-10-20-31(33)37-41(2)32-21-11-13-23-34(32)48-36-25-15-14-24-35(36)47(40(48)42(37,41)3)30-18-8-5-9-19-30/h4-28,37,40H,1-3H3. The van der Waals surface area contributed by atoms with Gasteiger partial charge < -0.3 is 19.6 Å². The molecule has 4 heterocycles. The largest absolute Gasteiger partial charge is 0.318 e. The zero-order chi connectivity index (χ0) is 32.2. The van der Waals surface area contributed by atoms with Crippen molar-refractivity contribution in [2.75, 3.05) is 19.6 Å². The van der Waals surface area contributed by atoms with Crippen LogP contribution in [0.15, 0.2) is 146 Å². The van der Waals surface area contributed by atoms with Crippen LogP contribution in [0.25, 0.3) is 0 Å². The van der Waals surface area contributed by atoms with Crippen LogP contribution in [0.1, 0.15) is 37.8 Å². The minimum Gasteiger partial charge on any atom is -0.318 e. The first-order chi connectivity index (χ1) is 23.5. The van der Waals surface area contributed by atoms with Gasteiger partial charge in [0.2, 0.25) is 0 Å². The van der Waals surface area contributed by atoms with Crippen molar-refractivity contribution in [2.45, 2.75) is 44.4 Å². The van der Waals surface area contributed by atoms with E-state index in [2.05, 4.69) is 174 Å². The Bertz CT molecular complexity index is 2200. The first-order valence-electron chi connectivity index (χ1n) is 16.9. The number of aromatic nitrogens is 2. The average molecular weight is 625 g/mol. The van der Waals surface area contributed by atoms with Crippen LogP contribution < -0.4 is 19.6 Å². The van der Waals surface area contributed by atoms with Gasteiger partial charge in [0.15, 0.2) is 11.6 Å². The van der Waals surface area contributed by atoms with E-state index < -0.39 is 0 Å². The molecule has 3 aliphatic heterocycles. The van der Waals surface area contributed by atoms with Crippen molar-refractivity contribution < 1.29 is 0 Å². The molecular weight excluding hydrogens is 589 g/mol. The molecule has 4 aliphatic rings. The van der Waals surface area contributed by atoms with E-state index in [1.165, 1.54) is 39.6 Å². The topological polar surface area (TPSA) is 38.7 Å². The molecule has 10 rings (SSSR count). The van der Waals surface area contributed by atoms with Crippen LogP contribution in [0.2, 0.25) is 0 Å². The molecule has 0 saturated heterocycles. The first-order valence-corrected chi connectivity index (χ1v) is 16.9. The Balaban J connectivity index is 1.18. The third kappa shape index (κ3) is 3.32. The summed E-state index contributed by atoms with van der Waals surface area (Å²) in [7, 11) is 0. The average Bonchev–Trinajstić information content (AvgIpc) is 3.36. The van der Waals surface area contributed by atoms with E-state index >= 15 is 0 Å². The minimum absolute atomic E-state index is 0.0207. The van der Waals surface area contributed by atoms with Gasteiger partial charge in [-0.25, -0.2) is 9.97 Å². The second-order valence-corrected chi connectivity index (χ2v) is 13.8. The number of benzene rings is 5. The molecule has 0 spiro atoms. The van der Waals surface area contributed by atoms with Crippen molar-refractivity contribution >= 4 is 45.8 Å². The van der Waals surface area contributed by atoms with Gasteiger partial charge in [-0.05, 0) is 66.6 Å². The van der Waals surface area contributed by atoms with E-state index in [4.69, 9.17) is 9.97 Å². The lowest BCUT2D eigenvalue weighted by molar-refractivity contribution is 0.368. The Kier molecular flexibility index (Phi) is 5.56. The normalized spacial score (nSPS) is 26.0. The second kappa shape index (κ2) is 9.71. The van der Waals surface area contributed by atoms with Gasteiger partial charge in [-0.15, -0.1) is 0 Å². The maximum absolute atomic E-state index is 4.96. The van der Waals surface area contributed by atoms with Crippen LogP contribution in [0.3, 0.4) is 0 Å². The zero-order valence-electron chi connectivity index (χ0n) is 27.3. The summed E-state index contributed by atoms with van der Waals surface area (Å²) in [6, 6.07) is 48.6. The van der Waals surface area contributed by atoms with Crippen LogP contribution in [0.5, 0.6) is 0 Å². The molecule has 0 radical (unpaired) electrons. The molecule has 5 unspecified atom stereocenters. The molecule has 6 heteroatoms. The lowest BCUT2D eigenvalue weighted by Crippen LogP contribution is -2.50. The minimum atomic E-state index is -0.139. The summed E-state index contributed by atoms with van der Waals surface area (Å²) in [4.78, 5) is 19.8. The molecule has 0 bridgehead atoms. The lowest BCUT2D eigenvalue weighted by atomic mass is 9.81. The molecule has 0 N–H and O–H groups in total. The molecule has 5 atom stereocenters. The SMILES string of the molecule is CC1N(c2ccccc2)c2nccnc2N1c1ccccc1C1C2(C)c3ccccc3N3c4ccccc4N(c4ccccc4)C3C12C. The third-order valence-corrected chi connectivity index (χ3v) is 11.8. The number of hydrogen-bond donors (Lipinski definition) is 0. The monoisotopic (exact) mass is 624 g/mol. The van der Waals surface area contributed by atoms with Gasteiger partial charge in [-0.2, -0.15) is 0 Å². The summed E-state index contributed by atoms with van der Waals surface area (Å²) in [5.74, 6) is 2.01. The van der Waals surface area contributed by atoms with E-state index in [-0.39, 0.29) is 29.1 Å². The summed E-state index contributed by atoms with van der Waals surface area (Å²) in [6.45, 7) is 7.30. The summed E-state index contributed by atoms with van der Waals surface area (Å²) in [5.41, 5.74) is 9.83. The number of nitrogens with zero attached hydrogens (tertiary/aromatic N) is 6. The number of hydrogen-bond acceptors (Lipinski definition) is 6. The Morgan fingerprint density at radius 3 is 1.67 bits per heavy atom. The van der Waals surface area contributed by atoms with E-state index in [1.54, 1.807) is 6.20 Å². The van der Waals surface area contributed by atoms with Gasteiger partial charge in [-0.3, -0.25) is 0 Å². The molecular formula is C42H36N6. The molecule has 1 fully saturated rings. The third-order valence-electron chi connectivity index (χ3n) is 11.8. The van der Waals surface area contributed by atoms with Crippen molar-refractivity contribution in [3.63, 3.8) is 0 Å². The van der Waals surface area contributed by atoms with Crippen LogP contribution in [-0.4, -0.2) is 22.3 Å². The van der Waals surface area contributed by atoms with Gasteiger partial charge in [0.25, 0.3) is 0 Å². The van der Waals surface area contributed by atoms with Crippen LogP contribution in [0.4, 0.5) is 45.8 Å². The van der Waals surface area contributed by atoms with Crippen LogP contribution in [-0.2, 0) is 5.41 Å². The first kappa shape index (κ1) is 27.5. The number of fused-ring (bicyclic) bond motifs is 9. The van der Waals surface area contributed by atoms with Crippen molar-refractivity contribution in [1.82, 2.24) is 9.97 Å². The van der Waals surface area contributed by atoms with Gasteiger partial charge in [0.05, 0.1) is 11.4 Å². The smallest absolute Gasteiger partial charge is 0.178 e. The molecule has 5 aromatic carbocycles. The summed E-state index contributed by atoms with van der Waals surface area (Å²) < 4.78 is 0. The highest BCUT2D eigenvalue weighted by Crippen LogP contribution is 2.82. The van der Waals surface area contributed by atoms with E-state index in [0.717, 1.165) is 17.3 Å². The van der Waals surface area contributed by atoms with Gasteiger partial charge in [-0.1, -0.05) is 98.8 Å². The predicted molar refractivity (Wildman–Crippen MR) is 194 cm³/mol. The molecule has 1 aliphatic carbocycles. The van der Waals surface area contributed by atoms with E-state index in [1.807, 2.05) is 6.20 Å². The quantitative estimate of drug-likeness (QED) is 0.194. The summed E-state index contributed by atoms with van der Waals surface area (Å²) in [6.07, 6.45) is 3.68. The Hall–Kier alpha value is -5.62. The highest BCUT2D eigenvalue weighted by atomic mass is 15.5. The molecule has 48 heavy (non-hydrogen) atoms. The number of anilines is 8. The molecule has 6 nitrogen and oxygen atoms in total. The fourth-order valence-electron chi connectivity index (χ4n) is 9.69. The number of para-hydroxylation sites is 6. The van der Waals surface area contributed by atoms with E-state index in [9.17, 15) is 0 Å². The summed E-state index contributed by atoms with van der Waals surface area (Å²) >= 11 is 0. The van der Waals surface area contributed by atoms with Gasteiger partial charge in [0, 0.05) is 51.9 Å². The molecule has 1 aromatic heterocycles. The highest BCUT2D eigenvalue weighted by molar-refractivity contribution is 5.93. The lowest BCUT2D eigenvalue weighted by Gasteiger charge is -2.44. The Labute approximate surface area is 281 Å². The fourth-order valence-corrected chi connectivity index (χ4v) is 9.69. The molecule has 1 saturated carbocycles. The van der Waals surface area contributed by atoms with Crippen molar-refractivity contribution in [3.8, 4) is 0 Å². The van der Waals surface area contributed by atoms with E-state index in [0.29, 0.717) is 0 Å². The number of rotatable bonds is 4. The van der Waals surface area contributed by atoms with Gasteiger partial charge in [0.1, 0.15) is 12.3 Å². The Morgan fingerprint density at radius 2 is 1.00 bits per heavy atom. The molecule has 6 aromatic rings. The molecule has 0 amide bonds. The zero-order valence-corrected chi connectivity index (χ0v) is 27.3. The molecule has 234 valence electrons. The van der Waals surface area contributed by atoms with Crippen LogP contribution in [0, 0.1) is 5.41 Å². The maximum Gasteiger partial charge on any atom is 0.178 e. The fraction of sp³-hybridized carbons (Fsp3) is 0.190. The van der Waals surface area contributed by atoms with Crippen molar-refractivity contribution in [1.29, 1.82) is 0 Å². The van der Waals surface area contributed by atoms with Crippen molar-refractivity contribution in [3.05, 3.63) is 157 Å².